The quantitative estimate of drug-likeness (QED) is 0.829. The van der Waals surface area contributed by atoms with Gasteiger partial charge in [0, 0.05) is 5.02 Å². The zero-order chi connectivity index (χ0) is 12.5. The lowest BCUT2D eigenvalue weighted by molar-refractivity contribution is 0.286. The van der Waals surface area contributed by atoms with Crippen LogP contribution in [0.5, 0.6) is 5.75 Å². The molecule has 1 heterocycles. The normalized spacial score (nSPS) is 17.6. The van der Waals surface area contributed by atoms with E-state index in [-0.39, 0.29) is 6.04 Å². The predicted octanol–water partition coefficient (Wildman–Crippen LogP) is 4.19. The molecule has 2 aromatic rings. The van der Waals surface area contributed by atoms with E-state index in [1.54, 1.807) is 0 Å². The second-order valence-corrected chi connectivity index (χ2v) is 5.00. The van der Waals surface area contributed by atoms with Crippen molar-refractivity contribution in [2.24, 2.45) is 0 Å². The SMILES string of the molecule is Cc1cccc(C2COc3ccc(Cl)cc3N2)c1. The van der Waals surface area contributed by atoms with Gasteiger partial charge in [-0.15, -0.1) is 0 Å². The van der Waals surface area contributed by atoms with Crippen LogP contribution in [0.3, 0.4) is 0 Å². The molecular formula is C15H14ClNO. The Morgan fingerprint density at radius 2 is 2.11 bits per heavy atom. The molecular weight excluding hydrogens is 246 g/mol. The molecule has 3 heteroatoms. The Bertz CT molecular complexity index is 582. The Morgan fingerprint density at radius 1 is 1.22 bits per heavy atom. The maximum atomic E-state index is 6.00. The summed E-state index contributed by atoms with van der Waals surface area (Å²) in [5.41, 5.74) is 3.45. The van der Waals surface area contributed by atoms with Crippen molar-refractivity contribution in [3.8, 4) is 5.75 Å². The smallest absolute Gasteiger partial charge is 0.142 e. The number of anilines is 1. The van der Waals surface area contributed by atoms with E-state index in [0.29, 0.717) is 6.61 Å². The van der Waals surface area contributed by atoms with Crippen molar-refractivity contribution in [3.05, 3.63) is 58.6 Å². The van der Waals surface area contributed by atoms with E-state index in [4.69, 9.17) is 16.3 Å². The fourth-order valence-electron chi connectivity index (χ4n) is 2.21. The molecule has 1 unspecified atom stereocenters. The van der Waals surface area contributed by atoms with Crippen LogP contribution in [0.4, 0.5) is 5.69 Å². The number of hydrogen-bond acceptors (Lipinski definition) is 2. The minimum absolute atomic E-state index is 0.177. The van der Waals surface area contributed by atoms with Gasteiger partial charge in [0.25, 0.3) is 0 Å². The number of ether oxygens (including phenoxy) is 1. The molecule has 0 spiro atoms. The van der Waals surface area contributed by atoms with Crippen LogP contribution in [0.2, 0.25) is 5.02 Å². The summed E-state index contributed by atoms with van der Waals surface area (Å²) in [6.07, 6.45) is 0. The molecule has 0 aliphatic carbocycles. The highest BCUT2D eigenvalue weighted by Gasteiger charge is 2.20. The maximum Gasteiger partial charge on any atom is 0.142 e. The monoisotopic (exact) mass is 259 g/mol. The minimum Gasteiger partial charge on any atom is -0.489 e. The molecule has 0 radical (unpaired) electrons. The van der Waals surface area contributed by atoms with E-state index in [0.717, 1.165) is 16.5 Å². The lowest BCUT2D eigenvalue weighted by Crippen LogP contribution is -2.23. The van der Waals surface area contributed by atoms with Crippen LogP contribution in [0.15, 0.2) is 42.5 Å². The molecule has 0 saturated carbocycles. The average Bonchev–Trinajstić information content (AvgIpc) is 2.38. The fraction of sp³-hybridized carbons (Fsp3) is 0.200. The Hall–Kier alpha value is -1.67. The molecule has 0 aromatic heterocycles. The molecule has 0 saturated heterocycles. The van der Waals surface area contributed by atoms with E-state index in [1.807, 2.05) is 18.2 Å². The van der Waals surface area contributed by atoms with Crippen molar-refractivity contribution in [2.75, 3.05) is 11.9 Å². The number of hydrogen-bond donors (Lipinski definition) is 1. The van der Waals surface area contributed by atoms with Gasteiger partial charge >= 0.3 is 0 Å². The maximum absolute atomic E-state index is 6.00. The second-order valence-electron chi connectivity index (χ2n) is 4.56. The summed E-state index contributed by atoms with van der Waals surface area (Å²) < 4.78 is 5.76. The van der Waals surface area contributed by atoms with Gasteiger partial charge in [-0.3, -0.25) is 0 Å². The van der Waals surface area contributed by atoms with Crippen molar-refractivity contribution in [1.29, 1.82) is 0 Å². The zero-order valence-corrected chi connectivity index (χ0v) is 10.9. The fourth-order valence-corrected chi connectivity index (χ4v) is 2.38. The lowest BCUT2D eigenvalue weighted by Gasteiger charge is -2.28. The van der Waals surface area contributed by atoms with Crippen LogP contribution >= 0.6 is 11.6 Å². The Morgan fingerprint density at radius 3 is 2.94 bits per heavy atom. The molecule has 3 rings (SSSR count). The Labute approximate surface area is 112 Å². The summed E-state index contributed by atoms with van der Waals surface area (Å²) in [4.78, 5) is 0. The summed E-state index contributed by atoms with van der Waals surface area (Å²) in [5, 5.41) is 4.19. The van der Waals surface area contributed by atoms with E-state index in [2.05, 4.69) is 36.5 Å². The van der Waals surface area contributed by atoms with Crippen LogP contribution in [0.25, 0.3) is 0 Å². The van der Waals surface area contributed by atoms with Crippen molar-refractivity contribution in [3.63, 3.8) is 0 Å². The Kier molecular flexibility index (Phi) is 2.88. The third kappa shape index (κ3) is 2.16. The van der Waals surface area contributed by atoms with Gasteiger partial charge in [-0.25, -0.2) is 0 Å². The van der Waals surface area contributed by atoms with Gasteiger partial charge in [-0.1, -0.05) is 41.4 Å². The molecule has 2 nitrogen and oxygen atoms in total. The van der Waals surface area contributed by atoms with Gasteiger partial charge in [0.2, 0.25) is 0 Å². The van der Waals surface area contributed by atoms with E-state index < -0.39 is 0 Å². The highest BCUT2D eigenvalue weighted by Crippen LogP contribution is 2.35. The molecule has 0 bridgehead atoms. The van der Waals surface area contributed by atoms with Gasteiger partial charge in [0.05, 0.1) is 11.7 Å². The van der Waals surface area contributed by atoms with Crippen LogP contribution < -0.4 is 10.1 Å². The van der Waals surface area contributed by atoms with Crippen LogP contribution in [0, 0.1) is 6.92 Å². The molecule has 1 aliphatic rings. The van der Waals surface area contributed by atoms with Crippen LogP contribution in [0.1, 0.15) is 17.2 Å². The van der Waals surface area contributed by atoms with E-state index >= 15 is 0 Å². The summed E-state index contributed by atoms with van der Waals surface area (Å²) in [6.45, 7) is 2.73. The van der Waals surface area contributed by atoms with Crippen molar-refractivity contribution >= 4 is 17.3 Å². The zero-order valence-electron chi connectivity index (χ0n) is 10.1. The number of rotatable bonds is 1. The number of aryl methyl sites for hydroxylation is 1. The molecule has 1 atom stereocenters. The van der Waals surface area contributed by atoms with Gasteiger partial charge < -0.3 is 10.1 Å². The summed E-state index contributed by atoms with van der Waals surface area (Å²) in [5.74, 6) is 0.864. The highest BCUT2D eigenvalue weighted by molar-refractivity contribution is 6.30. The van der Waals surface area contributed by atoms with Crippen LogP contribution in [-0.4, -0.2) is 6.61 Å². The summed E-state index contributed by atoms with van der Waals surface area (Å²) in [6, 6.07) is 14.3. The van der Waals surface area contributed by atoms with Crippen LogP contribution in [-0.2, 0) is 0 Å². The van der Waals surface area contributed by atoms with Crippen molar-refractivity contribution in [1.82, 2.24) is 0 Å². The van der Waals surface area contributed by atoms with E-state index in [1.165, 1.54) is 11.1 Å². The topological polar surface area (TPSA) is 21.3 Å². The third-order valence-corrected chi connectivity index (χ3v) is 3.36. The van der Waals surface area contributed by atoms with Crippen molar-refractivity contribution in [2.45, 2.75) is 13.0 Å². The lowest BCUT2D eigenvalue weighted by atomic mass is 10.0. The molecule has 2 aromatic carbocycles. The molecule has 1 N–H and O–H groups in total. The first-order valence-electron chi connectivity index (χ1n) is 5.98. The first-order valence-corrected chi connectivity index (χ1v) is 6.35. The van der Waals surface area contributed by atoms with Crippen molar-refractivity contribution < 1.29 is 4.74 Å². The van der Waals surface area contributed by atoms with E-state index in [9.17, 15) is 0 Å². The minimum atomic E-state index is 0.177. The molecule has 1 aliphatic heterocycles. The number of fused-ring (bicyclic) bond motifs is 1. The Balaban J connectivity index is 1.90. The van der Waals surface area contributed by atoms with Gasteiger partial charge in [-0.2, -0.15) is 0 Å². The predicted molar refractivity (Wildman–Crippen MR) is 74.5 cm³/mol. The largest absolute Gasteiger partial charge is 0.489 e. The summed E-state index contributed by atoms with van der Waals surface area (Å²) >= 11 is 6.00. The van der Waals surface area contributed by atoms with Gasteiger partial charge in [0.15, 0.2) is 0 Å². The standard InChI is InChI=1S/C15H14ClNO/c1-10-3-2-4-11(7-10)14-9-18-15-6-5-12(16)8-13(15)17-14/h2-8,14,17H,9H2,1H3. The number of halogens is 1. The number of benzene rings is 2. The second kappa shape index (κ2) is 4.54. The summed E-state index contributed by atoms with van der Waals surface area (Å²) in [7, 11) is 0. The molecule has 92 valence electrons. The van der Waals surface area contributed by atoms with Gasteiger partial charge in [0.1, 0.15) is 12.4 Å². The molecule has 0 amide bonds. The molecule has 0 fully saturated rings. The third-order valence-electron chi connectivity index (χ3n) is 3.12. The number of nitrogens with one attached hydrogen (secondary N) is 1. The average molecular weight is 260 g/mol. The molecule has 18 heavy (non-hydrogen) atoms. The van der Waals surface area contributed by atoms with Gasteiger partial charge in [-0.05, 0) is 30.7 Å². The first kappa shape index (κ1) is 11.4. The first-order chi connectivity index (χ1) is 8.72. The highest BCUT2D eigenvalue weighted by atomic mass is 35.5.